The smallest absolute Gasteiger partial charge is 0.103 e. The van der Waals surface area contributed by atoms with Crippen molar-refractivity contribution in [2.75, 3.05) is 16.8 Å². The topological polar surface area (TPSA) is 38.0 Å². The van der Waals surface area contributed by atoms with Crippen LogP contribution in [0.1, 0.15) is 12.0 Å². The first-order chi connectivity index (χ1) is 7.25. The molecule has 2 rings (SSSR count). The molecule has 0 saturated carbocycles. The van der Waals surface area contributed by atoms with Gasteiger partial charge in [-0.25, -0.2) is 0 Å². The minimum absolute atomic E-state index is 0.456. The number of nitrogens with one attached hydrogen (secondary N) is 1. The third kappa shape index (κ3) is 2.86. The molecular formula is C11H14N2S2. The lowest BCUT2D eigenvalue weighted by Gasteiger charge is -2.12. The van der Waals surface area contributed by atoms with Crippen molar-refractivity contribution in [1.82, 2.24) is 0 Å². The second kappa shape index (κ2) is 4.86. The summed E-state index contributed by atoms with van der Waals surface area (Å²) in [5, 5.41) is 3.50. The van der Waals surface area contributed by atoms with Gasteiger partial charge in [0.15, 0.2) is 0 Å². The summed E-state index contributed by atoms with van der Waals surface area (Å²) in [4.78, 5) is 0.456. The van der Waals surface area contributed by atoms with Gasteiger partial charge in [0.25, 0.3) is 0 Å². The molecule has 1 atom stereocenters. The van der Waals surface area contributed by atoms with Crippen molar-refractivity contribution < 1.29 is 0 Å². The van der Waals surface area contributed by atoms with Crippen molar-refractivity contribution in [2.45, 2.75) is 12.5 Å². The molecular weight excluding hydrogens is 224 g/mol. The summed E-state index contributed by atoms with van der Waals surface area (Å²) in [5.74, 6) is 2.47. The fourth-order valence-corrected chi connectivity index (χ4v) is 2.90. The Bertz CT molecular complexity index is 342. The van der Waals surface area contributed by atoms with Gasteiger partial charge in [0.2, 0.25) is 0 Å². The van der Waals surface area contributed by atoms with Gasteiger partial charge in [0, 0.05) is 23.0 Å². The third-order valence-corrected chi connectivity index (χ3v) is 3.87. The molecule has 0 bridgehead atoms. The van der Waals surface area contributed by atoms with Gasteiger partial charge >= 0.3 is 0 Å². The Morgan fingerprint density at radius 3 is 2.67 bits per heavy atom. The molecule has 4 heteroatoms. The maximum Gasteiger partial charge on any atom is 0.103 e. The first-order valence-corrected chi connectivity index (χ1v) is 6.56. The Balaban J connectivity index is 2.00. The normalized spacial score (nSPS) is 20.1. The highest BCUT2D eigenvalue weighted by Gasteiger charge is 2.14. The van der Waals surface area contributed by atoms with Gasteiger partial charge in [0.05, 0.1) is 0 Å². The molecule has 0 amide bonds. The predicted octanol–water partition coefficient (Wildman–Crippen LogP) is 2.24. The van der Waals surface area contributed by atoms with E-state index in [9.17, 15) is 0 Å². The molecule has 1 fully saturated rings. The summed E-state index contributed by atoms with van der Waals surface area (Å²) in [6, 6.07) is 8.62. The van der Waals surface area contributed by atoms with E-state index >= 15 is 0 Å². The van der Waals surface area contributed by atoms with E-state index in [1.165, 1.54) is 17.9 Å². The van der Waals surface area contributed by atoms with Crippen LogP contribution in [0.3, 0.4) is 0 Å². The van der Waals surface area contributed by atoms with Crippen LogP contribution in [0.2, 0.25) is 0 Å². The van der Waals surface area contributed by atoms with Gasteiger partial charge in [-0.1, -0.05) is 12.2 Å². The molecule has 1 saturated heterocycles. The number of rotatable bonds is 3. The van der Waals surface area contributed by atoms with Crippen LogP contribution >= 0.6 is 24.0 Å². The van der Waals surface area contributed by atoms with E-state index in [2.05, 4.69) is 5.32 Å². The van der Waals surface area contributed by atoms with Gasteiger partial charge < -0.3 is 11.1 Å². The average molecular weight is 238 g/mol. The van der Waals surface area contributed by atoms with E-state index < -0.39 is 0 Å². The zero-order valence-electron chi connectivity index (χ0n) is 8.40. The summed E-state index contributed by atoms with van der Waals surface area (Å²) in [6.45, 7) is 0. The molecule has 1 unspecified atom stereocenters. The molecule has 1 heterocycles. The number of thiocarbonyl (C=S) groups is 1. The summed E-state index contributed by atoms with van der Waals surface area (Å²) in [6.07, 6.45) is 1.25. The van der Waals surface area contributed by atoms with Crippen LogP contribution in [0, 0.1) is 0 Å². The average Bonchev–Trinajstić information content (AvgIpc) is 2.71. The minimum atomic E-state index is 0.456. The standard InChI is InChI=1S/C11H14N2S2/c12-11(14)8-1-3-9(4-2-8)13-10-5-6-15-7-10/h1-4,10,13H,5-7H2,(H2,12,14). The number of hydrogen-bond donors (Lipinski definition) is 2. The van der Waals surface area contributed by atoms with Crippen molar-refractivity contribution >= 4 is 34.7 Å². The van der Waals surface area contributed by atoms with Crippen LogP contribution in [-0.4, -0.2) is 22.5 Å². The monoisotopic (exact) mass is 238 g/mol. The Morgan fingerprint density at radius 1 is 1.40 bits per heavy atom. The number of hydrogen-bond acceptors (Lipinski definition) is 3. The molecule has 2 nitrogen and oxygen atoms in total. The third-order valence-electron chi connectivity index (χ3n) is 2.47. The van der Waals surface area contributed by atoms with Crippen molar-refractivity contribution in [2.24, 2.45) is 5.73 Å². The van der Waals surface area contributed by atoms with Crippen LogP contribution in [0.25, 0.3) is 0 Å². The van der Waals surface area contributed by atoms with E-state index in [1.807, 2.05) is 36.0 Å². The van der Waals surface area contributed by atoms with E-state index in [0.29, 0.717) is 11.0 Å². The summed E-state index contributed by atoms with van der Waals surface area (Å²) >= 11 is 6.91. The number of nitrogens with two attached hydrogens (primary N) is 1. The fraction of sp³-hybridized carbons (Fsp3) is 0.364. The second-order valence-electron chi connectivity index (χ2n) is 3.65. The first-order valence-electron chi connectivity index (χ1n) is 5.00. The SMILES string of the molecule is NC(=S)c1ccc(NC2CCSC2)cc1. The molecule has 0 spiro atoms. The molecule has 0 aliphatic carbocycles. The van der Waals surface area contributed by atoms with Crippen LogP contribution in [-0.2, 0) is 0 Å². The molecule has 80 valence electrons. The van der Waals surface area contributed by atoms with E-state index in [4.69, 9.17) is 18.0 Å². The predicted molar refractivity (Wildman–Crippen MR) is 71.7 cm³/mol. The fourth-order valence-electron chi connectivity index (χ4n) is 1.61. The maximum atomic E-state index is 5.54. The molecule has 0 aromatic heterocycles. The summed E-state index contributed by atoms with van der Waals surface area (Å²) in [5.41, 5.74) is 7.62. The van der Waals surface area contributed by atoms with Gasteiger partial charge in [-0.3, -0.25) is 0 Å². The largest absolute Gasteiger partial charge is 0.389 e. The quantitative estimate of drug-likeness (QED) is 0.792. The van der Waals surface area contributed by atoms with Crippen molar-refractivity contribution in [3.63, 3.8) is 0 Å². The Labute approximate surface area is 99.6 Å². The lowest BCUT2D eigenvalue weighted by Crippen LogP contribution is -2.18. The lowest BCUT2D eigenvalue weighted by atomic mass is 10.2. The zero-order chi connectivity index (χ0) is 10.7. The number of anilines is 1. The highest BCUT2D eigenvalue weighted by Crippen LogP contribution is 2.21. The summed E-state index contributed by atoms with van der Waals surface area (Å²) in [7, 11) is 0. The van der Waals surface area contributed by atoms with Gasteiger partial charge in [0.1, 0.15) is 4.99 Å². The number of thioether (sulfide) groups is 1. The van der Waals surface area contributed by atoms with E-state index in [-0.39, 0.29) is 0 Å². The van der Waals surface area contributed by atoms with Crippen LogP contribution in [0.15, 0.2) is 24.3 Å². The van der Waals surface area contributed by atoms with Gasteiger partial charge in [-0.2, -0.15) is 11.8 Å². The minimum Gasteiger partial charge on any atom is -0.389 e. The molecule has 1 aliphatic rings. The molecule has 1 aliphatic heterocycles. The molecule has 15 heavy (non-hydrogen) atoms. The Hall–Kier alpha value is -0.740. The van der Waals surface area contributed by atoms with E-state index in [1.54, 1.807) is 0 Å². The van der Waals surface area contributed by atoms with Crippen LogP contribution < -0.4 is 11.1 Å². The molecule has 1 aromatic rings. The zero-order valence-corrected chi connectivity index (χ0v) is 10.0. The van der Waals surface area contributed by atoms with Gasteiger partial charge in [-0.05, 0) is 36.4 Å². The van der Waals surface area contributed by atoms with E-state index in [0.717, 1.165) is 11.3 Å². The lowest BCUT2D eigenvalue weighted by molar-refractivity contribution is 0.813. The molecule has 3 N–H and O–H groups in total. The number of benzene rings is 1. The highest BCUT2D eigenvalue weighted by atomic mass is 32.2. The highest BCUT2D eigenvalue weighted by molar-refractivity contribution is 7.99. The van der Waals surface area contributed by atoms with Crippen LogP contribution in [0.5, 0.6) is 0 Å². The Kier molecular flexibility index (Phi) is 3.49. The van der Waals surface area contributed by atoms with Crippen molar-refractivity contribution in [1.29, 1.82) is 0 Å². The van der Waals surface area contributed by atoms with Gasteiger partial charge in [-0.15, -0.1) is 0 Å². The van der Waals surface area contributed by atoms with Crippen molar-refractivity contribution in [3.8, 4) is 0 Å². The first kappa shape index (κ1) is 10.8. The molecule has 0 radical (unpaired) electrons. The Morgan fingerprint density at radius 2 is 2.13 bits per heavy atom. The maximum absolute atomic E-state index is 5.54. The molecule has 1 aromatic carbocycles. The second-order valence-corrected chi connectivity index (χ2v) is 5.24. The summed E-state index contributed by atoms with van der Waals surface area (Å²) < 4.78 is 0. The van der Waals surface area contributed by atoms with Crippen molar-refractivity contribution in [3.05, 3.63) is 29.8 Å². The van der Waals surface area contributed by atoms with Crippen LogP contribution in [0.4, 0.5) is 5.69 Å².